The van der Waals surface area contributed by atoms with Crippen molar-refractivity contribution in [1.29, 1.82) is 0 Å². The number of benzene rings is 1. The summed E-state index contributed by atoms with van der Waals surface area (Å²) in [5.74, 6) is 0.0421. The lowest BCUT2D eigenvalue weighted by Crippen LogP contribution is -2.53. The number of ether oxygens (including phenoxy) is 1. The van der Waals surface area contributed by atoms with E-state index in [1.165, 1.54) is 17.0 Å². The molecular weight excluding hydrogens is 442 g/mol. The minimum Gasteiger partial charge on any atom is -0.508 e. The molecule has 0 radical (unpaired) electrons. The number of carbonyl (C=O) groups excluding carboxylic acids is 3. The molecule has 0 heterocycles. The van der Waals surface area contributed by atoms with Crippen LogP contribution in [0.4, 0.5) is 4.79 Å². The average molecular weight is 482 g/mol. The first kappa shape index (κ1) is 28.6. The largest absolute Gasteiger partial charge is 0.508 e. The first-order valence-corrected chi connectivity index (χ1v) is 12.7. The predicted octanol–water partition coefficient (Wildman–Crippen LogP) is 3.84. The number of nitrogens with one attached hydrogen (secondary N) is 2. The van der Waals surface area contributed by atoms with Crippen LogP contribution in [0.5, 0.6) is 5.75 Å². The summed E-state index contributed by atoms with van der Waals surface area (Å²) >= 11 is 1.56. The van der Waals surface area contributed by atoms with E-state index in [0.29, 0.717) is 30.7 Å². The van der Waals surface area contributed by atoms with Crippen molar-refractivity contribution in [3.05, 3.63) is 29.8 Å². The van der Waals surface area contributed by atoms with Gasteiger partial charge in [-0.3, -0.25) is 9.59 Å². The van der Waals surface area contributed by atoms with E-state index in [-0.39, 0.29) is 23.6 Å². The average Bonchev–Trinajstić information content (AvgIpc) is 2.69. The Labute approximate surface area is 201 Å². The number of alkyl carbamates (subject to hydrolysis) is 1. The zero-order valence-electron chi connectivity index (χ0n) is 20.8. The second-order valence-electron chi connectivity index (χ2n) is 9.17. The summed E-state index contributed by atoms with van der Waals surface area (Å²) in [6.45, 7) is 11.2. The predicted molar refractivity (Wildman–Crippen MR) is 132 cm³/mol. The number of thioether (sulfide) groups is 1. The van der Waals surface area contributed by atoms with E-state index in [1.54, 1.807) is 44.7 Å². The molecule has 9 heteroatoms. The molecular formula is C24H39N3O5S. The Morgan fingerprint density at radius 2 is 1.73 bits per heavy atom. The third-order valence-corrected chi connectivity index (χ3v) is 5.19. The lowest BCUT2D eigenvalue weighted by Gasteiger charge is -2.34. The molecule has 0 saturated carbocycles. The Balaban J connectivity index is 3.35. The molecule has 0 fully saturated rings. The summed E-state index contributed by atoms with van der Waals surface area (Å²) < 4.78 is 5.36. The van der Waals surface area contributed by atoms with Crippen LogP contribution in [0.2, 0.25) is 0 Å². The third kappa shape index (κ3) is 9.94. The first-order chi connectivity index (χ1) is 15.4. The number of aromatic hydroxyl groups is 1. The highest BCUT2D eigenvalue weighted by Crippen LogP contribution is 2.25. The van der Waals surface area contributed by atoms with Gasteiger partial charge >= 0.3 is 6.09 Å². The maximum Gasteiger partial charge on any atom is 0.408 e. The fourth-order valence-electron chi connectivity index (χ4n) is 3.24. The number of phenols is 1. The van der Waals surface area contributed by atoms with Crippen molar-refractivity contribution in [2.75, 3.05) is 18.6 Å². The molecule has 1 rings (SSSR count). The number of rotatable bonds is 11. The Morgan fingerprint density at radius 3 is 2.21 bits per heavy atom. The third-order valence-electron chi connectivity index (χ3n) is 4.55. The number of amides is 3. The molecule has 3 N–H and O–H groups in total. The molecule has 186 valence electrons. The number of phenolic OH excluding ortho intramolecular Hbond substituents is 1. The van der Waals surface area contributed by atoms with Crippen molar-refractivity contribution in [3.8, 4) is 5.75 Å². The fourth-order valence-corrected chi connectivity index (χ4v) is 3.71. The van der Waals surface area contributed by atoms with Crippen LogP contribution in [0.1, 0.15) is 66.0 Å². The van der Waals surface area contributed by atoms with Crippen molar-refractivity contribution >= 4 is 29.7 Å². The highest BCUT2D eigenvalue weighted by molar-refractivity contribution is 7.98. The second-order valence-corrected chi connectivity index (χ2v) is 10.2. The molecule has 2 atom stereocenters. The summed E-state index contributed by atoms with van der Waals surface area (Å²) in [5.41, 5.74) is -0.125. The van der Waals surface area contributed by atoms with Crippen molar-refractivity contribution in [2.45, 2.75) is 78.1 Å². The van der Waals surface area contributed by atoms with Gasteiger partial charge in [0.05, 0.1) is 0 Å². The first-order valence-electron chi connectivity index (χ1n) is 11.3. The molecule has 0 spiro atoms. The molecule has 1 aromatic rings. The molecule has 2 unspecified atom stereocenters. The molecule has 0 aliphatic carbocycles. The van der Waals surface area contributed by atoms with Crippen molar-refractivity contribution in [2.24, 2.45) is 0 Å². The normalized spacial score (nSPS) is 13.2. The van der Waals surface area contributed by atoms with Crippen LogP contribution in [-0.2, 0) is 14.3 Å². The smallest absolute Gasteiger partial charge is 0.408 e. The standard InChI is InChI=1S/C24H39N3O5S/c1-8-14-27(20(21(29)25-16(2)3)17-9-11-18(28)12-10-17)22(30)19(13-15-33-7)26-23(31)32-24(4,5)6/h9-12,16,19-20,28H,8,13-15H2,1-7H3,(H,25,29)(H,26,31). The van der Waals surface area contributed by atoms with Crippen LogP contribution in [0.25, 0.3) is 0 Å². The number of nitrogens with zero attached hydrogens (tertiary/aromatic N) is 1. The minimum absolute atomic E-state index is 0.0691. The Kier molecular flexibility index (Phi) is 11.6. The Morgan fingerprint density at radius 1 is 1.12 bits per heavy atom. The zero-order chi connectivity index (χ0) is 25.2. The molecule has 8 nitrogen and oxygen atoms in total. The van der Waals surface area contributed by atoms with Gasteiger partial charge < -0.3 is 25.4 Å². The van der Waals surface area contributed by atoms with Gasteiger partial charge in [0.25, 0.3) is 0 Å². The van der Waals surface area contributed by atoms with Crippen LogP contribution in [0.3, 0.4) is 0 Å². The maximum absolute atomic E-state index is 13.7. The number of hydrogen-bond acceptors (Lipinski definition) is 6. The Bertz CT molecular complexity index is 777. The highest BCUT2D eigenvalue weighted by Gasteiger charge is 2.35. The molecule has 0 aliphatic rings. The molecule has 0 saturated heterocycles. The zero-order valence-corrected chi connectivity index (χ0v) is 21.6. The van der Waals surface area contributed by atoms with Gasteiger partial charge in [-0.25, -0.2) is 4.79 Å². The highest BCUT2D eigenvalue weighted by atomic mass is 32.2. The Hall–Kier alpha value is -2.42. The van der Waals surface area contributed by atoms with Crippen LogP contribution in [-0.4, -0.2) is 64.2 Å². The maximum atomic E-state index is 13.7. The van der Waals surface area contributed by atoms with Crippen molar-refractivity contribution in [1.82, 2.24) is 15.5 Å². The van der Waals surface area contributed by atoms with Gasteiger partial charge in [-0.05, 0) is 77.2 Å². The summed E-state index contributed by atoms with van der Waals surface area (Å²) in [6, 6.07) is 4.38. The van der Waals surface area contributed by atoms with E-state index in [1.807, 2.05) is 27.0 Å². The van der Waals surface area contributed by atoms with E-state index < -0.39 is 23.8 Å². The fraction of sp³-hybridized carbons (Fsp3) is 0.625. The van der Waals surface area contributed by atoms with Crippen LogP contribution in [0.15, 0.2) is 24.3 Å². The van der Waals surface area contributed by atoms with Crippen LogP contribution in [0, 0.1) is 0 Å². The van der Waals surface area contributed by atoms with E-state index >= 15 is 0 Å². The summed E-state index contributed by atoms with van der Waals surface area (Å²) in [7, 11) is 0. The summed E-state index contributed by atoms with van der Waals surface area (Å²) in [6.07, 6.45) is 2.27. The van der Waals surface area contributed by atoms with Crippen LogP contribution >= 0.6 is 11.8 Å². The molecule has 3 amide bonds. The van der Waals surface area contributed by atoms with Gasteiger partial charge in [0.2, 0.25) is 11.8 Å². The SMILES string of the molecule is CCCN(C(=O)C(CCSC)NC(=O)OC(C)(C)C)C(C(=O)NC(C)C)c1ccc(O)cc1. The van der Waals surface area contributed by atoms with Crippen molar-refractivity contribution < 1.29 is 24.2 Å². The molecule has 33 heavy (non-hydrogen) atoms. The van der Waals surface area contributed by atoms with E-state index in [2.05, 4.69) is 10.6 Å². The number of carbonyl (C=O) groups is 3. The molecule has 0 bridgehead atoms. The molecule has 1 aromatic carbocycles. The van der Waals surface area contributed by atoms with Gasteiger partial charge in [-0.1, -0.05) is 19.1 Å². The second kappa shape index (κ2) is 13.3. The topological polar surface area (TPSA) is 108 Å². The molecule has 0 aromatic heterocycles. The van der Waals surface area contributed by atoms with Gasteiger partial charge in [0.1, 0.15) is 23.4 Å². The lowest BCUT2D eigenvalue weighted by atomic mass is 10.0. The van der Waals surface area contributed by atoms with Gasteiger partial charge in [0, 0.05) is 12.6 Å². The monoisotopic (exact) mass is 481 g/mol. The molecule has 0 aliphatic heterocycles. The van der Waals surface area contributed by atoms with Crippen LogP contribution < -0.4 is 10.6 Å². The minimum atomic E-state index is -0.905. The quantitative estimate of drug-likeness (QED) is 0.443. The van der Waals surface area contributed by atoms with E-state index in [9.17, 15) is 19.5 Å². The van der Waals surface area contributed by atoms with E-state index in [4.69, 9.17) is 4.74 Å². The van der Waals surface area contributed by atoms with Gasteiger partial charge in [0.15, 0.2) is 0 Å². The lowest BCUT2D eigenvalue weighted by molar-refractivity contribution is -0.142. The summed E-state index contributed by atoms with van der Waals surface area (Å²) in [5, 5.41) is 15.3. The number of hydrogen-bond donors (Lipinski definition) is 3. The summed E-state index contributed by atoms with van der Waals surface area (Å²) in [4.78, 5) is 40.9. The van der Waals surface area contributed by atoms with Gasteiger partial charge in [-0.2, -0.15) is 11.8 Å². The van der Waals surface area contributed by atoms with E-state index in [0.717, 1.165) is 0 Å². The van der Waals surface area contributed by atoms with Crippen molar-refractivity contribution in [3.63, 3.8) is 0 Å². The van der Waals surface area contributed by atoms with Gasteiger partial charge in [-0.15, -0.1) is 0 Å².